The van der Waals surface area contributed by atoms with Gasteiger partial charge in [-0.1, -0.05) is 0 Å². The summed E-state index contributed by atoms with van der Waals surface area (Å²) in [5, 5.41) is 2.66. The van der Waals surface area contributed by atoms with Crippen LogP contribution in [-0.4, -0.2) is 25.7 Å². The van der Waals surface area contributed by atoms with Gasteiger partial charge in [-0.2, -0.15) is 4.31 Å². The first kappa shape index (κ1) is 17.6. The van der Waals surface area contributed by atoms with Crippen LogP contribution in [0.15, 0.2) is 32.3 Å². The summed E-state index contributed by atoms with van der Waals surface area (Å²) in [5.41, 5.74) is 0. The van der Waals surface area contributed by atoms with E-state index in [0.717, 1.165) is 13.5 Å². The molecule has 0 bridgehead atoms. The Bertz CT molecular complexity index is 767. The number of hydrogen-bond donors (Lipinski definition) is 1. The van der Waals surface area contributed by atoms with E-state index in [1.165, 1.54) is 33.9 Å². The Labute approximate surface area is 146 Å². The minimum atomic E-state index is -3.52. The van der Waals surface area contributed by atoms with Crippen molar-refractivity contribution in [3.63, 3.8) is 0 Å². The van der Waals surface area contributed by atoms with Crippen LogP contribution in [0.2, 0.25) is 0 Å². The number of sulfonamides is 1. The number of halogens is 1. The molecule has 1 N–H and O–H groups in total. The molecule has 0 saturated carbocycles. The third-order valence-electron chi connectivity index (χ3n) is 2.82. The predicted molar refractivity (Wildman–Crippen MR) is 92.5 cm³/mol. The Morgan fingerprint density at radius 2 is 1.91 bits per heavy atom. The molecule has 0 atom stereocenters. The molecule has 120 valence electrons. The van der Waals surface area contributed by atoms with Gasteiger partial charge in [0.25, 0.3) is 10.0 Å². The lowest BCUT2D eigenvalue weighted by molar-refractivity contribution is -0.119. The summed E-state index contributed by atoms with van der Waals surface area (Å²) in [6.45, 7) is 2.10. The van der Waals surface area contributed by atoms with E-state index >= 15 is 0 Å². The van der Waals surface area contributed by atoms with Crippen LogP contribution in [0.25, 0.3) is 0 Å². The number of nitrogens with one attached hydrogen (secondary N) is 1. The van der Waals surface area contributed by atoms with E-state index in [4.69, 9.17) is 0 Å². The zero-order chi connectivity index (χ0) is 16.3. The summed E-state index contributed by atoms with van der Waals surface area (Å²) in [5.74, 6) is -0.141. The summed E-state index contributed by atoms with van der Waals surface area (Å²) in [4.78, 5) is 12.7. The summed E-state index contributed by atoms with van der Waals surface area (Å²) < 4.78 is 27.7. The molecule has 0 saturated heterocycles. The second kappa shape index (κ2) is 7.22. The first-order valence-electron chi connectivity index (χ1n) is 6.33. The van der Waals surface area contributed by atoms with E-state index in [0.29, 0.717) is 13.1 Å². The molecule has 0 radical (unpaired) electrons. The molecule has 5 nitrogen and oxygen atoms in total. The van der Waals surface area contributed by atoms with Crippen LogP contribution in [0.5, 0.6) is 0 Å². The van der Waals surface area contributed by atoms with E-state index in [1.54, 1.807) is 19.2 Å². The van der Waals surface area contributed by atoms with E-state index in [9.17, 15) is 13.2 Å². The highest BCUT2D eigenvalue weighted by atomic mass is 79.9. The largest absolute Gasteiger partial charge is 0.351 e. The van der Waals surface area contributed by atoms with Gasteiger partial charge in [0.15, 0.2) is 0 Å². The molecule has 2 heterocycles. The van der Waals surface area contributed by atoms with Crippen molar-refractivity contribution in [2.24, 2.45) is 0 Å². The van der Waals surface area contributed by atoms with Crippen molar-refractivity contribution in [3.05, 3.63) is 37.8 Å². The maximum absolute atomic E-state index is 12.5. The zero-order valence-corrected chi connectivity index (χ0v) is 16.0. The molecule has 2 rings (SSSR count). The number of thiophene rings is 2. The Morgan fingerprint density at radius 1 is 1.23 bits per heavy atom. The molecule has 0 aromatic carbocycles. The van der Waals surface area contributed by atoms with Gasteiger partial charge in [0, 0.05) is 30.3 Å². The molecule has 1 amide bonds. The van der Waals surface area contributed by atoms with Crippen molar-refractivity contribution in [2.45, 2.75) is 24.2 Å². The standard InChI is InChI=1S/C13H15BrN2O3S3/c1-9(17)15-7-10-4-6-13(21-10)22(18,19)16(2)8-11-3-5-12(14)20-11/h3-6H,7-8H2,1-2H3,(H,15,17). The van der Waals surface area contributed by atoms with E-state index in [1.807, 2.05) is 12.1 Å². The summed E-state index contributed by atoms with van der Waals surface area (Å²) in [6, 6.07) is 7.11. The first-order valence-corrected chi connectivity index (χ1v) is 10.2. The summed E-state index contributed by atoms with van der Waals surface area (Å²) >= 11 is 6.05. The van der Waals surface area contributed by atoms with Crippen LogP contribution >= 0.6 is 38.6 Å². The topological polar surface area (TPSA) is 66.5 Å². The van der Waals surface area contributed by atoms with Gasteiger partial charge in [-0.05, 0) is 40.2 Å². The number of rotatable bonds is 6. The molecule has 0 fully saturated rings. The molecule has 0 aliphatic heterocycles. The third kappa shape index (κ3) is 4.39. The van der Waals surface area contributed by atoms with Gasteiger partial charge in [-0.25, -0.2) is 8.42 Å². The van der Waals surface area contributed by atoms with Crippen molar-refractivity contribution >= 4 is 54.5 Å². The van der Waals surface area contributed by atoms with Gasteiger partial charge >= 0.3 is 0 Å². The zero-order valence-electron chi connectivity index (χ0n) is 12.0. The van der Waals surface area contributed by atoms with Crippen LogP contribution in [0, 0.1) is 0 Å². The van der Waals surface area contributed by atoms with E-state index in [-0.39, 0.29) is 10.1 Å². The van der Waals surface area contributed by atoms with E-state index < -0.39 is 10.0 Å². The highest BCUT2D eigenvalue weighted by Gasteiger charge is 2.23. The Morgan fingerprint density at radius 3 is 2.50 bits per heavy atom. The van der Waals surface area contributed by atoms with Crippen molar-refractivity contribution in [3.8, 4) is 0 Å². The molecule has 0 aliphatic rings. The molecular weight excluding hydrogens is 408 g/mol. The maximum Gasteiger partial charge on any atom is 0.252 e. The SMILES string of the molecule is CC(=O)NCc1ccc(S(=O)(=O)N(C)Cc2ccc(Br)s2)s1. The average molecular weight is 423 g/mol. The molecular formula is C13H15BrN2O3S3. The molecule has 22 heavy (non-hydrogen) atoms. The van der Waals surface area contributed by atoms with E-state index in [2.05, 4.69) is 21.2 Å². The van der Waals surface area contributed by atoms with Crippen molar-refractivity contribution in [1.82, 2.24) is 9.62 Å². The number of carbonyl (C=O) groups is 1. The lowest BCUT2D eigenvalue weighted by atomic mass is 10.4. The number of carbonyl (C=O) groups excluding carboxylic acids is 1. The highest BCUT2D eigenvalue weighted by Crippen LogP contribution is 2.28. The first-order chi connectivity index (χ1) is 10.3. The number of hydrogen-bond acceptors (Lipinski definition) is 5. The van der Waals surface area contributed by atoms with Gasteiger partial charge in [-0.3, -0.25) is 4.79 Å². The van der Waals surface area contributed by atoms with Crippen LogP contribution in [0.3, 0.4) is 0 Å². The maximum atomic E-state index is 12.5. The fourth-order valence-corrected chi connectivity index (χ4v) is 5.97. The Balaban J connectivity index is 2.10. The normalized spacial score (nSPS) is 11.8. The molecule has 0 aliphatic carbocycles. The Hall–Kier alpha value is -0.740. The Kier molecular flexibility index (Phi) is 5.78. The minimum Gasteiger partial charge on any atom is -0.351 e. The van der Waals surface area contributed by atoms with Crippen LogP contribution in [0.4, 0.5) is 0 Å². The fraction of sp³-hybridized carbons (Fsp3) is 0.308. The predicted octanol–water partition coefficient (Wildman–Crippen LogP) is 3.03. The lowest BCUT2D eigenvalue weighted by Crippen LogP contribution is -2.25. The van der Waals surface area contributed by atoms with Crippen molar-refractivity contribution in [2.75, 3.05) is 7.05 Å². The number of amides is 1. The second-order valence-electron chi connectivity index (χ2n) is 4.60. The fourth-order valence-electron chi connectivity index (χ4n) is 1.70. The molecule has 2 aromatic heterocycles. The molecule has 2 aromatic rings. The van der Waals surface area contributed by atoms with Gasteiger partial charge in [0.1, 0.15) is 4.21 Å². The quantitative estimate of drug-likeness (QED) is 0.777. The highest BCUT2D eigenvalue weighted by molar-refractivity contribution is 9.11. The smallest absolute Gasteiger partial charge is 0.252 e. The van der Waals surface area contributed by atoms with Gasteiger partial charge in [-0.15, -0.1) is 22.7 Å². The average Bonchev–Trinajstić information content (AvgIpc) is 3.05. The van der Waals surface area contributed by atoms with Crippen molar-refractivity contribution < 1.29 is 13.2 Å². The van der Waals surface area contributed by atoms with Gasteiger partial charge < -0.3 is 5.32 Å². The number of nitrogens with zero attached hydrogens (tertiary/aromatic N) is 1. The van der Waals surface area contributed by atoms with Crippen LogP contribution < -0.4 is 5.32 Å². The molecule has 0 spiro atoms. The molecule has 0 unspecified atom stereocenters. The lowest BCUT2D eigenvalue weighted by Gasteiger charge is -2.14. The third-order valence-corrected chi connectivity index (χ3v) is 7.78. The summed E-state index contributed by atoms with van der Waals surface area (Å²) in [6.07, 6.45) is 0. The van der Waals surface area contributed by atoms with Gasteiger partial charge in [0.05, 0.1) is 10.3 Å². The van der Waals surface area contributed by atoms with Crippen molar-refractivity contribution in [1.29, 1.82) is 0 Å². The van der Waals surface area contributed by atoms with Crippen LogP contribution in [0.1, 0.15) is 16.7 Å². The second-order valence-corrected chi connectivity index (χ2v) is 10.6. The monoisotopic (exact) mass is 422 g/mol. The summed E-state index contributed by atoms with van der Waals surface area (Å²) in [7, 11) is -1.95. The van der Waals surface area contributed by atoms with Crippen LogP contribution in [-0.2, 0) is 27.9 Å². The van der Waals surface area contributed by atoms with Gasteiger partial charge in [0.2, 0.25) is 5.91 Å². The minimum absolute atomic E-state index is 0.141. The molecule has 9 heteroatoms.